The Kier molecular flexibility index (Phi) is 7.67. The van der Waals surface area contributed by atoms with Crippen molar-refractivity contribution in [2.75, 3.05) is 48.8 Å². The van der Waals surface area contributed by atoms with Crippen LogP contribution in [0.1, 0.15) is 11.1 Å². The molecule has 4 rings (SSSR count). The van der Waals surface area contributed by atoms with E-state index in [-0.39, 0.29) is 5.91 Å². The van der Waals surface area contributed by atoms with Gasteiger partial charge in [0.2, 0.25) is 5.91 Å². The van der Waals surface area contributed by atoms with Crippen LogP contribution in [0, 0.1) is 6.92 Å². The van der Waals surface area contributed by atoms with Crippen molar-refractivity contribution in [2.24, 2.45) is 0 Å². The average molecular weight is 464 g/mol. The number of rotatable bonds is 8. The number of carbonyl (C=O) groups is 1. The molecular weight excluding hydrogens is 434 g/mol. The van der Waals surface area contributed by atoms with Crippen LogP contribution >= 0.6 is 11.8 Å². The van der Waals surface area contributed by atoms with Crippen molar-refractivity contribution in [3.8, 4) is 5.75 Å². The van der Waals surface area contributed by atoms with E-state index in [0.29, 0.717) is 12.3 Å². The van der Waals surface area contributed by atoms with Crippen LogP contribution in [-0.4, -0.2) is 55.1 Å². The Morgan fingerprint density at radius 2 is 1.70 bits per heavy atom. The van der Waals surface area contributed by atoms with Crippen LogP contribution in [-0.2, 0) is 11.3 Å². The minimum absolute atomic E-state index is 0.0149. The normalized spacial score (nSPS) is 13.6. The van der Waals surface area contributed by atoms with E-state index in [0.717, 1.165) is 54.0 Å². The standard InChI is InChI=1S/C25H29N5O2S/c1-19-7-9-20(10-8-19)17-26-24(31)18-33-25-12-11-23(27-28-25)30-15-13-29(14-16-30)21-5-3-4-6-22(21)32-2/h3-12H,13-18H2,1-2H3,(H,26,31). The first-order chi connectivity index (χ1) is 16.1. The summed E-state index contributed by atoms with van der Waals surface area (Å²) in [6.45, 7) is 6.08. The van der Waals surface area contributed by atoms with Crippen molar-refractivity contribution in [3.05, 3.63) is 71.8 Å². The molecule has 0 radical (unpaired) electrons. The number of para-hydroxylation sites is 2. The zero-order valence-corrected chi connectivity index (χ0v) is 19.8. The summed E-state index contributed by atoms with van der Waals surface area (Å²) in [5, 5.41) is 12.4. The smallest absolute Gasteiger partial charge is 0.230 e. The number of hydrogen-bond donors (Lipinski definition) is 1. The number of carbonyl (C=O) groups excluding carboxylic acids is 1. The third-order valence-corrected chi connectivity index (χ3v) is 6.54. The lowest BCUT2D eigenvalue weighted by Crippen LogP contribution is -2.47. The molecule has 1 aromatic heterocycles. The minimum Gasteiger partial charge on any atom is -0.495 e. The van der Waals surface area contributed by atoms with E-state index in [1.54, 1.807) is 7.11 Å². The van der Waals surface area contributed by atoms with Gasteiger partial charge in [-0.1, -0.05) is 53.7 Å². The molecule has 8 heteroatoms. The molecule has 2 heterocycles. The highest BCUT2D eigenvalue weighted by molar-refractivity contribution is 7.99. The van der Waals surface area contributed by atoms with Crippen molar-refractivity contribution in [3.63, 3.8) is 0 Å². The van der Waals surface area contributed by atoms with Gasteiger partial charge in [-0.3, -0.25) is 4.79 Å². The summed E-state index contributed by atoms with van der Waals surface area (Å²) >= 11 is 1.40. The Balaban J connectivity index is 1.23. The second kappa shape index (κ2) is 11.0. The molecule has 1 amide bonds. The fraction of sp³-hybridized carbons (Fsp3) is 0.320. The Hall–Kier alpha value is -3.26. The van der Waals surface area contributed by atoms with E-state index in [9.17, 15) is 4.79 Å². The molecule has 0 unspecified atom stereocenters. The summed E-state index contributed by atoms with van der Waals surface area (Å²) in [4.78, 5) is 16.7. The largest absolute Gasteiger partial charge is 0.495 e. The van der Waals surface area contributed by atoms with Gasteiger partial charge in [0, 0.05) is 32.7 Å². The summed E-state index contributed by atoms with van der Waals surface area (Å²) in [7, 11) is 1.71. The van der Waals surface area contributed by atoms with Crippen LogP contribution in [0.4, 0.5) is 11.5 Å². The zero-order chi connectivity index (χ0) is 23.0. The van der Waals surface area contributed by atoms with Crippen LogP contribution in [0.25, 0.3) is 0 Å². The van der Waals surface area contributed by atoms with Gasteiger partial charge in [0.15, 0.2) is 5.82 Å². The molecule has 0 atom stereocenters. The van der Waals surface area contributed by atoms with Gasteiger partial charge in [-0.05, 0) is 36.8 Å². The lowest BCUT2D eigenvalue weighted by Gasteiger charge is -2.37. The number of benzene rings is 2. The molecule has 0 bridgehead atoms. The summed E-state index contributed by atoms with van der Waals surface area (Å²) < 4.78 is 5.50. The van der Waals surface area contributed by atoms with Gasteiger partial charge < -0.3 is 19.9 Å². The summed E-state index contributed by atoms with van der Waals surface area (Å²) in [5.41, 5.74) is 3.42. The Morgan fingerprint density at radius 1 is 0.970 bits per heavy atom. The molecule has 0 aliphatic carbocycles. The van der Waals surface area contributed by atoms with E-state index in [1.165, 1.54) is 17.3 Å². The van der Waals surface area contributed by atoms with E-state index in [2.05, 4.69) is 31.4 Å². The van der Waals surface area contributed by atoms with Gasteiger partial charge in [0.05, 0.1) is 18.6 Å². The predicted octanol–water partition coefficient (Wildman–Crippen LogP) is 3.53. The lowest BCUT2D eigenvalue weighted by atomic mass is 10.1. The number of piperazine rings is 1. The Labute approximate surface area is 199 Å². The molecule has 3 aromatic rings. The van der Waals surface area contributed by atoms with Gasteiger partial charge in [-0.2, -0.15) is 0 Å². The maximum absolute atomic E-state index is 12.2. The van der Waals surface area contributed by atoms with Crippen LogP contribution in [0.3, 0.4) is 0 Å². The number of ether oxygens (including phenoxy) is 1. The molecule has 1 fully saturated rings. The van der Waals surface area contributed by atoms with Crippen LogP contribution in [0.15, 0.2) is 65.7 Å². The van der Waals surface area contributed by atoms with Gasteiger partial charge in [0.25, 0.3) is 0 Å². The number of aryl methyl sites for hydroxylation is 1. The van der Waals surface area contributed by atoms with Gasteiger partial charge in [-0.25, -0.2) is 0 Å². The number of hydrogen-bond acceptors (Lipinski definition) is 7. The number of amides is 1. The first-order valence-electron chi connectivity index (χ1n) is 11.0. The first-order valence-corrected chi connectivity index (χ1v) is 12.0. The molecule has 172 valence electrons. The van der Waals surface area contributed by atoms with E-state index in [1.807, 2.05) is 61.5 Å². The molecule has 0 spiro atoms. The zero-order valence-electron chi connectivity index (χ0n) is 19.0. The topological polar surface area (TPSA) is 70.6 Å². The monoisotopic (exact) mass is 463 g/mol. The fourth-order valence-electron chi connectivity index (χ4n) is 3.72. The molecule has 1 saturated heterocycles. The van der Waals surface area contributed by atoms with Crippen LogP contribution < -0.4 is 19.9 Å². The number of anilines is 2. The minimum atomic E-state index is -0.0149. The van der Waals surface area contributed by atoms with Gasteiger partial charge in [0.1, 0.15) is 10.8 Å². The van der Waals surface area contributed by atoms with Gasteiger partial charge >= 0.3 is 0 Å². The highest BCUT2D eigenvalue weighted by Gasteiger charge is 2.20. The maximum atomic E-state index is 12.2. The third-order valence-electron chi connectivity index (χ3n) is 5.62. The van der Waals surface area contributed by atoms with Crippen LogP contribution in [0.5, 0.6) is 5.75 Å². The second-order valence-corrected chi connectivity index (χ2v) is 8.92. The van der Waals surface area contributed by atoms with Crippen molar-refractivity contribution in [2.45, 2.75) is 18.5 Å². The van der Waals surface area contributed by atoms with E-state index in [4.69, 9.17) is 4.74 Å². The maximum Gasteiger partial charge on any atom is 0.230 e. The molecular formula is C25H29N5O2S. The van der Waals surface area contributed by atoms with Crippen molar-refractivity contribution >= 4 is 29.2 Å². The fourth-order valence-corrected chi connectivity index (χ4v) is 4.37. The highest BCUT2D eigenvalue weighted by atomic mass is 32.2. The number of aromatic nitrogens is 2. The SMILES string of the molecule is COc1ccccc1N1CCN(c2ccc(SCC(=O)NCc3ccc(C)cc3)nn2)CC1. The number of nitrogens with one attached hydrogen (secondary N) is 1. The summed E-state index contributed by atoms with van der Waals surface area (Å²) in [6.07, 6.45) is 0. The second-order valence-electron chi connectivity index (χ2n) is 7.93. The molecule has 0 saturated carbocycles. The molecule has 1 N–H and O–H groups in total. The molecule has 2 aromatic carbocycles. The van der Waals surface area contributed by atoms with Crippen LogP contribution in [0.2, 0.25) is 0 Å². The van der Waals surface area contributed by atoms with Gasteiger partial charge in [-0.15, -0.1) is 10.2 Å². The predicted molar refractivity (Wildman–Crippen MR) is 133 cm³/mol. The molecule has 1 aliphatic rings. The third kappa shape index (κ3) is 6.16. The van der Waals surface area contributed by atoms with Crippen molar-refractivity contribution < 1.29 is 9.53 Å². The average Bonchev–Trinajstić information content (AvgIpc) is 2.87. The number of nitrogens with zero attached hydrogens (tertiary/aromatic N) is 4. The summed E-state index contributed by atoms with van der Waals surface area (Å²) in [6, 6.07) is 20.2. The lowest BCUT2D eigenvalue weighted by molar-refractivity contribution is -0.118. The number of thioether (sulfide) groups is 1. The Morgan fingerprint density at radius 3 is 2.39 bits per heavy atom. The summed E-state index contributed by atoms with van der Waals surface area (Å²) in [5.74, 6) is 2.06. The van der Waals surface area contributed by atoms with Crippen molar-refractivity contribution in [1.82, 2.24) is 15.5 Å². The van der Waals surface area contributed by atoms with E-state index >= 15 is 0 Å². The molecule has 33 heavy (non-hydrogen) atoms. The molecule has 1 aliphatic heterocycles. The highest BCUT2D eigenvalue weighted by Crippen LogP contribution is 2.29. The Bertz CT molecular complexity index is 1050. The molecule has 7 nitrogen and oxygen atoms in total. The first kappa shape index (κ1) is 22.9. The van der Waals surface area contributed by atoms with E-state index < -0.39 is 0 Å². The van der Waals surface area contributed by atoms with Crippen molar-refractivity contribution in [1.29, 1.82) is 0 Å². The quantitative estimate of drug-likeness (QED) is 0.513. The number of methoxy groups -OCH3 is 1.